The number of amides is 2. The van der Waals surface area contributed by atoms with Gasteiger partial charge in [0.25, 0.3) is 11.8 Å². The molecule has 4 N–H and O–H groups in total. The smallest absolute Gasteiger partial charge is 0.484 e. The zero-order valence-electron chi connectivity index (χ0n) is 25.6. The lowest BCUT2D eigenvalue weighted by molar-refractivity contribution is -0.166. The second-order valence-electron chi connectivity index (χ2n) is 11.9. The normalized spacial score (nSPS) is 21.4. The summed E-state index contributed by atoms with van der Waals surface area (Å²) < 4.78 is 60.3. The summed E-state index contributed by atoms with van der Waals surface area (Å²) in [4.78, 5) is 57.6. The van der Waals surface area contributed by atoms with E-state index in [1.54, 1.807) is 6.07 Å². The van der Waals surface area contributed by atoms with Crippen LogP contribution in [0.3, 0.4) is 0 Å². The third-order valence-electron chi connectivity index (χ3n) is 8.35. The minimum Gasteiger partial charge on any atom is -0.484 e. The molecule has 0 saturated heterocycles. The molecule has 3 aliphatic carbocycles. The average Bonchev–Trinajstić information content (AvgIpc) is 3.02. The van der Waals surface area contributed by atoms with Crippen LogP contribution in [-0.4, -0.2) is 58.0 Å². The maximum absolute atomic E-state index is 13.9. The molecule has 3 fully saturated rings. The van der Waals surface area contributed by atoms with Gasteiger partial charge >= 0.3 is 13.8 Å². The Balaban J connectivity index is 1.28. The van der Waals surface area contributed by atoms with Crippen molar-refractivity contribution in [3.63, 3.8) is 0 Å². The van der Waals surface area contributed by atoms with Gasteiger partial charge in [0.15, 0.2) is 13.2 Å². The first-order chi connectivity index (χ1) is 23.1. The first-order valence-electron chi connectivity index (χ1n) is 14.9. The summed E-state index contributed by atoms with van der Waals surface area (Å²) in [6.07, 6.45) is 0.352. The van der Waals surface area contributed by atoms with E-state index in [9.17, 15) is 27.7 Å². The fourth-order valence-electron chi connectivity index (χ4n) is 6.08. The summed E-state index contributed by atoms with van der Waals surface area (Å²) in [6.45, 7) is -0.898. The van der Waals surface area contributed by atoms with Gasteiger partial charge < -0.3 is 29.4 Å². The molecule has 17 heteroatoms. The van der Waals surface area contributed by atoms with Gasteiger partial charge in [-0.3, -0.25) is 24.2 Å². The number of nitrogens with one attached hydrogen (secondary N) is 2. The SMILES string of the molecule is O=C(COc1ccc(Cl)c(F)c1)NC12CCC(NC(=O)COc3ccc(Cl)c(F)c3)(CC1)[C@@H](OC(=O)Cc1cccc(OP(=O)(O)O)c1)C2. The molecular weight excluding hydrogens is 712 g/mol. The third kappa shape index (κ3) is 9.61. The van der Waals surface area contributed by atoms with Crippen LogP contribution in [-0.2, 0) is 30.1 Å². The van der Waals surface area contributed by atoms with Crippen molar-refractivity contribution in [3.8, 4) is 17.2 Å². The molecule has 3 saturated carbocycles. The fraction of sp³-hybridized carbons (Fsp3) is 0.344. The molecule has 3 aliphatic rings. The Morgan fingerprint density at radius 3 is 1.94 bits per heavy atom. The minimum absolute atomic E-state index is 0.0834. The zero-order valence-corrected chi connectivity index (χ0v) is 28.0. The van der Waals surface area contributed by atoms with Crippen LogP contribution in [0.1, 0.15) is 37.7 Å². The van der Waals surface area contributed by atoms with Crippen molar-refractivity contribution >= 4 is 48.8 Å². The van der Waals surface area contributed by atoms with Gasteiger partial charge in [0, 0.05) is 24.1 Å². The van der Waals surface area contributed by atoms with Crippen LogP contribution in [0.5, 0.6) is 17.2 Å². The van der Waals surface area contributed by atoms with Crippen molar-refractivity contribution in [1.82, 2.24) is 10.6 Å². The molecule has 0 aromatic heterocycles. The number of phosphoric acid groups is 1. The first kappa shape index (κ1) is 36.3. The highest BCUT2D eigenvalue weighted by molar-refractivity contribution is 7.46. The number of carbonyl (C=O) groups excluding carboxylic acids is 3. The van der Waals surface area contributed by atoms with E-state index in [2.05, 4.69) is 15.2 Å². The molecule has 0 heterocycles. The Morgan fingerprint density at radius 1 is 0.816 bits per heavy atom. The number of esters is 1. The van der Waals surface area contributed by atoms with Gasteiger partial charge in [0.05, 0.1) is 22.0 Å². The molecule has 2 amide bonds. The van der Waals surface area contributed by atoms with Crippen LogP contribution in [0.15, 0.2) is 60.7 Å². The fourth-order valence-corrected chi connectivity index (χ4v) is 6.70. The summed E-state index contributed by atoms with van der Waals surface area (Å²) in [7, 11) is -4.83. The molecule has 12 nitrogen and oxygen atoms in total. The van der Waals surface area contributed by atoms with E-state index < -0.39 is 67.6 Å². The van der Waals surface area contributed by atoms with Gasteiger partial charge in [-0.2, -0.15) is 0 Å². The number of ether oxygens (including phenoxy) is 3. The first-order valence-corrected chi connectivity index (χ1v) is 17.2. The molecule has 262 valence electrons. The number of halogens is 4. The molecule has 0 radical (unpaired) electrons. The highest BCUT2D eigenvalue weighted by atomic mass is 35.5. The summed E-state index contributed by atoms with van der Waals surface area (Å²) in [5, 5.41) is 5.72. The van der Waals surface area contributed by atoms with Crippen molar-refractivity contribution in [2.75, 3.05) is 13.2 Å². The van der Waals surface area contributed by atoms with Crippen molar-refractivity contribution in [1.29, 1.82) is 0 Å². The van der Waals surface area contributed by atoms with E-state index in [1.807, 2.05) is 0 Å². The number of hydrogen-bond donors (Lipinski definition) is 4. The average molecular weight is 743 g/mol. The third-order valence-corrected chi connectivity index (χ3v) is 9.41. The topological polar surface area (TPSA) is 170 Å². The van der Waals surface area contributed by atoms with Gasteiger partial charge in [0.2, 0.25) is 0 Å². The summed E-state index contributed by atoms with van der Waals surface area (Å²) in [6, 6.07) is 13.1. The van der Waals surface area contributed by atoms with Crippen molar-refractivity contribution in [2.24, 2.45) is 0 Å². The highest BCUT2D eigenvalue weighted by Gasteiger charge is 2.57. The second-order valence-corrected chi connectivity index (χ2v) is 13.8. The molecule has 2 bridgehead atoms. The zero-order chi connectivity index (χ0) is 35.4. The molecule has 0 aliphatic heterocycles. The molecular formula is C32H31Cl2F2N2O10P. The molecule has 49 heavy (non-hydrogen) atoms. The molecule has 3 aromatic carbocycles. The largest absolute Gasteiger partial charge is 0.524 e. The minimum atomic E-state index is -4.83. The standard InChI is InChI=1S/C32H31Cl2F2N2O10P/c33-23-6-4-20(14-25(23)35)45-17-28(39)37-31-8-10-32(11-9-31,38-29(40)18-46-21-5-7-24(34)26(36)15-21)27(16-31)47-30(41)13-19-2-1-3-22(12-19)48-49(42,43)44/h1-7,12,14-15,27H,8-11,13,16-18H2,(H,37,39)(H,38,40)(H2,42,43,44)/t27-,31?,32?/m0/s1. The van der Waals surface area contributed by atoms with E-state index >= 15 is 0 Å². The Kier molecular flexibility index (Phi) is 11.0. The van der Waals surface area contributed by atoms with Gasteiger partial charge in [-0.15, -0.1) is 0 Å². The maximum atomic E-state index is 13.9. The van der Waals surface area contributed by atoms with E-state index in [4.69, 9.17) is 47.2 Å². The van der Waals surface area contributed by atoms with Crippen LogP contribution < -0.4 is 24.6 Å². The molecule has 6 rings (SSSR count). The van der Waals surface area contributed by atoms with Gasteiger partial charge in [-0.05, 0) is 67.6 Å². The van der Waals surface area contributed by atoms with Gasteiger partial charge in [-0.1, -0.05) is 35.3 Å². The Hall–Kier alpha value is -3.94. The number of rotatable bonds is 13. The van der Waals surface area contributed by atoms with E-state index in [1.165, 1.54) is 42.5 Å². The number of phosphoric ester groups is 1. The molecule has 3 aromatic rings. The van der Waals surface area contributed by atoms with Crippen molar-refractivity contribution in [3.05, 3.63) is 87.9 Å². The Bertz CT molecular complexity index is 1780. The van der Waals surface area contributed by atoms with E-state index in [-0.39, 0.29) is 40.1 Å². The lowest BCUT2D eigenvalue weighted by Gasteiger charge is -2.57. The lowest BCUT2D eigenvalue weighted by atomic mass is 9.59. The van der Waals surface area contributed by atoms with Crippen LogP contribution in [0, 0.1) is 11.6 Å². The van der Waals surface area contributed by atoms with Crippen molar-refractivity contribution in [2.45, 2.75) is 55.7 Å². The quantitative estimate of drug-likeness (QED) is 0.137. The number of hydrogen-bond acceptors (Lipinski definition) is 8. The second kappa shape index (κ2) is 14.9. The number of carbonyl (C=O) groups is 3. The van der Waals surface area contributed by atoms with E-state index in [0.29, 0.717) is 31.2 Å². The van der Waals surface area contributed by atoms with E-state index in [0.717, 1.165) is 12.1 Å². The van der Waals surface area contributed by atoms with Crippen molar-refractivity contribution < 1.29 is 56.3 Å². The predicted molar refractivity (Wildman–Crippen MR) is 171 cm³/mol. The number of fused-ring (bicyclic) bond motifs is 3. The molecule has 0 spiro atoms. The highest BCUT2D eigenvalue weighted by Crippen LogP contribution is 2.48. The van der Waals surface area contributed by atoms with Crippen LogP contribution in [0.4, 0.5) is 8.78 Å². The molecule has 0 unspecified atom stereocenters. The van der Waals surface area contributed by atoms with Crippen LogP contribution in [0.2, 0.25) is 10.0 Å². The van der Waals surface area contributed by atoms with Gasteiger partial charge in [0.1, 0.15) is 35.0 Å². The monoisotopic (exact) mass is 742 g/mol. The van der Waals surface area contributed by atoms with Crippen LogP contribution >= 0.6 is 31.0 Å². The van der Waals surface area contributed by atoms with Gasteiger partial charge in [-0.25, -0.2) is 13.3 Å². The summed E-state index contributed by atoms with van der Waals surface area (Å²) in [5.41, 5.74) is -1.51. The summed E-state index contributed by atoms with van der Waals surface area (Å²) in [5.74, 6) is -3.13. The number of benzene rings is 3. The predicted octanol–water partition coefficient (Wildman–Crippen LogP) is 5.04. The summed E-state index contributed by atoms with van der Waals surface area (Å²) >= 11 is 11.4. The lowest BCUT2D eigenvalue weighted by Crippen LogP contribution is -2.71. The Labute approximate surface area is 289 Å². The Morgan fingerprint density at radius 2 is 1.39 bits per heavy atom. The maximum Gasteiger partial charge on any atom is 0.524 e. The van der Waals surface area contributed by atoms with Crippen LogP contribution in [0.25, 0.3) is 0 Å². The molecule has 1 atom stereocenters.